The Hall–Kier alpha value is -0.970. The molecule has 1 aromatic rings. The summed E-state index contributed by atoms with van der Waals surface area (Å²) in [6, 6.07) is 8.21. The van der Waals surface area contributed by atoms with Gasteiger partial charge in [0.15, 0.2) is 0 Å². The van der Waals surface area contributed by atoms with Crippen LogP contribution in [0.3, 0.4) is 0 Å². The second-order valence-electron chi connectivity index (χ2n) is 7.56. The van der Waals surface area contributed by atoms with E-state index in [1.54, 1.807) is 12.1 Å². The highest BCUT2D eigenvalue weighted by molar-refractivity contribution is 5.16. The first kappa shape index (κ1) is 17.8. The first-order valence-electron chi connectivity index (χ1n) is 9.56. The molecule has 2 fully saturated rings. The number of hydrogen-bond donors (Lipinski definition) is 2. The summed E-state index contributed by atoms with van der Waals surface area (Å²) in [6.07, 6.45) is 8.23. The zero-order valence-corrected chi connectivity index (χ0v) is 14.6. The highest BCUT2D eigenvalue weighted by Gasteiger charge is 2.25. The lowest BCUT2D eigenvalue weighted by molar-refractivity contribution is 0.155. The van der Waals surface area contributed by atoms with Crippen molar-refractivity contribution in [2.75, 3.05) is 26.2 Å². The van der Waals surface area contributed by atoms with E-state index >= 15 is 0 Å². The van der Waals surface area contributed by atoms with Crippen molar-refractivity contribution in [3.63, 3.8) is 0 Å². The Morgan fingerprint density at radius 3 is 2.21 bits per heavy atom. The number of halogens is 1. The van der Waals surface area contributed by atoms with Crippen molar-refractivity contribution in [3.05, 3.63) is 35.6 Å². The lowest BCUT2D eigenvalue weighted by atomic mass is 9.86. The fourth-order valence-corrected chi connectivity index (χ4v) is 4.11. The van der Waals surface area contributed by atoms with Crippen molar-refractivity contribution in [3.8, 4) is 0 Å². The van der Waals surface area contributed by atoms with E-state index in [-0.39, 0.29) is 5.82 Å². The topological polar surface area (TPSA) is 35.5 Å². The van der Waals surface area contributed by atoms with Gasteiger partial charge in [-0.1, -0.05) is 12.1 Å². The van der Waals surface area contributed by atoms with Crippen LogP contribution in [-0.4, -0.2) is 48.3 Å². The molecule has 0 amide bonds. The predicted molar refractivity (Wildman–Crippen MR) is 95.5 cm³/mol. The lowest BCUT2D eigenvalue weighted by Gasteiger charge is -2.36. The summed E-state index contributed by atoms with van der Waals surface area (Å²) in [5.41, 5.74) is 1.22. The van der Waals surface area contributed by atoms with Crippen molar-refractivity contribution in [2.24, 2.45) is 5.92 Å². The SMILES string of the molecule is OCC1CCC(NC2CCN(CCc3ccc(F)cc3)CC2)CC1. The van der Waals surface area contributed by atoms with Crippen molar-refractivity contribution in [2.45, 2.75) is 57.0 Å². The summed E-state index contributed by atoms with van der Waals surface area (Å²) in [5.74, 6) is 0.384. The van der Waals surface area contributed by atoms with Gasteiger partial charge in [0.05, 0.1) is 0 Å². The van der Waals surface area contributed by atoms with Gasteiger partial charge in [-0.05, 0) is 81.6 Å². The van der Waals surface area contributed by atoms with E-state index in [2.05, 4.69) is 10.2 Å². The van der Waals surface area contributed by atoms with E-state index in [0.29, 0.717) is 24.6 Å². The molecule has 0 bridgehead atoms. The molecule has 0 spiro atoms. The third-order valence-corrected chi connectivity index (χ3v) is 5.79. The molecular formula is C20H31FN2O. The molecule has 24 heavy (non-hydrogen) atoms. The maximum atomic E-state index is 12.9. The summed E-state index contributed by atoms with van der Waals surface area (Å²) in [4.78, 5) is 2.53. The number of aliphatic hydroxyl groups excluding tert-OH is 1. The Balaban J connectivity index is 1.33. The Bertz CT molecular complexity index is 477. The van der Waals surface area contributed by atoms with Crippen LogP contribution in [0.25, 0.3) is 0 Å². The Kier molecular flexibility index (Phi) is 6.64. The van der Waals surface area contributed by atoms with Crippen LogP contribution in [0.5, 0.6) is 0 Å². The van der Waals surface area contributed by atoms with Gasteiger partial charge < -0.3 is 15.3 Å². The van der Waals surface area contributed by atoms with Crippen LogP contribution < -0.4 is 5.32 Å². The maximum absolute atomic E-state index is 12.9. The third-order valence-electron chi connectivity index (χ3n) is 5.79. The number of rotatable bonds is 6. The fourth-order valence-electron chi connectivity index (χ4n) is 4.11. The lowest BCUT2D eigenvalue weighted by Crippen LogP contribution is -2.47. The normalized spacial score (nSPS) is 26.6. The molecule has 1 aliphatic heterocycles. The van der Waals surface area contributed by atoms with Crippen molar-refractivity contribution in [1.82, 2.24) is 10.2 Å². The van der Waals surface area contributed by atoms with Crippen LogP contribution in [0.1, 0.15) is 44.1 Å². The molecule has 3 nitrogen and oxygen atoms in total. The van der Waals surface area contributed by atoms with E-state index in [4.69, 9.17) is 0 Å². The van der Waals surface area contributed by atoms with Crippen LogP contribution in [0.2, 0.25) is 0 Å². The van der Waals surface area contributed by atoms with Crippen LogP contribution in [-0.2, 0) is 6.42 Å². The molecule has 2 N–H and O–H groups in total. The Morgan fingerprint density at radius 2 is 1.58 bits per heavy atom. The van der Waals surface area contributed by atoms with Gasteiger partial charge in [-0.2, -0.15) is 0 Å². The standard InChI is InChI=1S/C20H31FN2O/c21-18-5-1-16(2-6-18)9-12-23-13-10-20(11-14-23)22-19-7-3-17(15-24)4-8-19/h1-2,5-6,17,19-20,22,24H,3-4,7-15H2. The molecule has 0 aromatic heterocycles. The van der Waals surface area contributed by atoms with Crippen LogP contribution in [0.15, 0.2) is 24.3 Å². The molecule has 0 radical (unpaired) electrons. The number of piperidine rings is 1. The molecule has 0 atom stereocenters. The highest BCUT2D eigenvalue weighted by Crippen LogP contribution is 2.25. The van der Waals surface area contributed by atoms with Crippen molar-refractivity contribution >= 4 is 0 Å². The zero-order chi connectivity index (χ0) is 16.8. The summed E-state index contributed by atoms with van der Waals surface area (Å²) in [7, 11) is 0. The summed E-state index contributed by atoms with van der Waals surface area (Å²) >= 11 is 0. The monoisotopic (exact) mass is 334 g/mol. The largest absolute Gasteiger partial charge is 0.396 e. The molecule has 2 aliphatic rings. The third kappa shape index (κ3) is 5.27. The number of aliphatic hydroxyl groups is 1. The molecule has 1 heterocycles. The van der Waals surface area contributed by atoms with Gasteiger partial charge in [-0.25, -0.2) is 4.39 Å². The molecule has 3 rings (SSSR count). The van der Waals surface area contributed by atoms with Gasteiger partial charge in [-0.15, -0.1) is 0 Å². The molecular weight excluding hydrogens is 303 g/mol. The van der Waals surface area contributed by atoms with Crippen LogP contribution in [0, 0.1) is 11.7 Å². The quantitative estimate of drug-likeness (QED) is 0.839. The second kappa shape index (κ2) is 8.93. The molecule has 1 aromatic carbocycles. The van der Waals surface area contributed by atoms with E-state index in [1.165, 1.54) is 44.1 Å². The number of hydrogen-bond acceptors (Lipinski definition) is 3. The number of benzene rings is 1. The van der Waals surface area contributed by atoms with Gasteiger partial charge in [0.2, 0.25) is 0 Å². The predicted octanol–water partition coefficient (Wildman–Crippen LogP) is 2.97. The van der Waals surface area contributed by atoms with Crippen molar-refractivity contribution < 1.29 is 9.50 Å². The molecule has 1 aliphatic carbocycles. The average molecular weight is 334 g/mol. The number of likely N-dealkylation sites (tertiary alicyclic amines) is 1. The summed E-state index contributed by atoms with van der Waals surface area (Å²) in [6.45, 7) is 3.74. The smallest absolute Gasteiger partial charge is 0.123 e. The maximum Gasteiger partial charge on any atom is 0.123 e. The highest BCUT2D eigenvalue weighted by atomic mass is 19.1. The zero-order valence-electron chi connectivity index (χ0n) is 14.6. The van der Waals surface area contributed by atoms with Crippen molar-refractivity contribution in [1.29, 1.82) is 0 Å². The molecule has 1 saturated carbocycles. The second-order valence-corrected chi connectivity index (χ2v) is 7.56. The van der Waals surface area contributed by atoms with Gasteiger partial charge in [0.25, 0.3) is 0 Å². The van der Waals surface area contributed by atoms with Gasteiger partial charge in [0.1, 0.15) is 5.82 Å². The minimum atomic E-state index is -0.154. The minimum Gasteiger partial charge on any atom is -0.396 e. The van der Waals surface area contributed by atoms with E-state index in [0.717, 1.165) is 26.1 Å². The Labute approximate surface area is 145 Å². The van der Waals surface area contributed by atoms with Crippen LogP contribution in [0.4, 0.5) is 4.39 Å². The molecule has 134 valence electrons. The van der Waals surface area contributed by atoms with Gasteiger partial charge in [-0.3, -0.25) is 0 Å². The first-order valence-corrected chi connectivity index (χ1v) is 9.56. The average Bonchev–Trinajstić information content (AvgIpc) is 2.63. The number of nitrogens with zero attached hydrogens (tertiary/aromatic N) is 1. The van der Waals surface area contributed by atoms with E-state index in [1.807, 2.05) is 12.1 Å². The van der Waals surface area contributed by atoms with E-state index in [9.17, 15) is 9.50 Å². The molecule has 0 unspecified atom stereocenters. The first-order chi connectivity index (χ1) is 11.7. The molecule has 1 saturated heterocycles. The fraction of sp³-hybridized carbons (Fsp3) is 0.700. The Morgan fingerprint density at radius 1 is 0.958 bits per heavy atom. The number of nitrogens with one attached hydrogen (secondary N) is 1. The summed E-state index contributed by atoms with van der Waals surface area (Å²) < 4.78 is 12.9. The van der Waals surface area contributed by atoms with Gasteiger partial charge >= 0.3 is 0 Å². The summed E-state index contributed by atoms with van der Waals surface area (Å²) in [5, 5.41) is 13.1. The van der Waals surface area contributed by atoms with Gasteiger partial charge in [0, 0.05) is 25.2 Å². The van der Waals surface area contributed by atoms with E-state index < -0.39 is 0 Å². The minimum absolute atomic E-state index is 0.154. The van der Waals surface area contributed by atoms with Crippen LogP contribution >= 0.6 is 0 Å². The molecule has 4 heteroatoms.